The van der Waals surface area contributed by atoms with Crippen LogP contribution in [0.3, 0.4) is 0 Å². The highest BCUT2D eigenvalue weighted by Crippen LogP contribution is 2.31. The molecular formula is C15H29NO2. The van der Waals surface area contributed by atoms with E-state index in [2.05, 4.69) is 32.7 Å². The van der Waals surface area contributed by atoms with Gasteiger partial charge in [-0.15, -0.1) is 6.58 Å². The van der Waals surface area contributed by atoms with Gasteiger partial charge in [0.1, 0.15) is 0 Å². The highest BCUT2D eigenvalue weighted by Gasteiger charge is 2.40. The molecule has 1 aliphatic rings. The van der Waals surface area contributed by atoms with Gasteiger partial charge in [0.15, 0.2) is 0 Å². The third-order valence-corrected chi connectivity index (χ3v) is 3.72. The summed E-state index contributed by atoms with van der Waals surface area (Å²) >= 11 is 0. The zero-order valence-corrected chi connectivity index (χ0v) is 12.3. The van der Waals surface area contributed by atoms with E-state index in [4.69, 9.17) is 9.47 Å². The molecule has 0 aromatic carbocycles. The minimum Gasteiger partial charge on any atom is -0.381 e. The van der Waals surface area contributed by atoms with E-state index in [0.29, 0.717) is 6.04 Å². The smallest absolute Gasteiger partial charge is 0.0878 e. The molecule has 1 N–H and O–H groups in total. The van der Waals surface area contributed by atoms with Crippen molar-refractivity contribution in [3.63, 3.8) is 0 Å². The minimum absolute atomic E-state index is 0.0432. The lowest BCUT2D eigenvalue weighted by atomic mass is 9.83. The summed E-state index contributed by atoms with van der Waals surface area (Å²) in [4.78, 5) is 0. The van der Waals surface area contributed by atoms with Crippen LogP contribution in [-0.4, -0.2) is 38.0 Å². The second-order valence-corrected chi connectivity index (χ2v) is 5.22. The zero-order valence-electron chi connectivity index (χ0n) is 12.3. The van der Waals surface area contributed by atoms with E-state index in [1.165, 1.54) is 5.57 Å². The molecule has 0 aromatic heterocycles. The van der Waals surface area contributed by atoms with Crippen molar-refractivity contribution in [1.29, 1.82) is 0 Å². The van der Waals surface area contributed by atoms with Crippen molar-refractivity contribution in [2.24, 2.45) is 0 Å². The van der Waals surface area contributed by atoms with E-state index in [9.17, 15) is 0 Å². The molecule has 0 amide bonds. The molecule has 0 saturated carbocycles. The second kappa shape index (κ2) is 7.93. The number of rotatable bonds is 8. The summed E-state index contributed by atoms with van der Waals surface area (Å²) in [5.41, 5.74) is 1.20. The van der Waals surface area contributed by atoms with E-state index in [1.54, 1.807) is 0 Å². The molecule has 1 atom stereocenters. The maximum atomic E-state index is 6.15. The third kappa shape index (κ3) is 4.38. The molecule has 3 nitrogen and oxygen atoms in total. The topological polar surface area (TPSA) is 30.5 Å². The minimum atomic E-state index is -0.0432. The van der Waals surface area contributed by atoms with Gasteiger partial charge in [-0.1, -0.05) is 12.5 Å². The lowest BCUT2D eigenvalue weighted by Crippen LogP contribution is -2.55. The summed E-state index contributed by atoms with van der Waals surface area (Å²) in [6.45, 7) is 13.7. The fourth-order valence-corrected chi connectivity index (χ4v) is 2.79. The van der Waals surface area contributed by atoms with Gasteiger partial charge in [0, 0.05) is 38.7 Å². The molecule has 1 aliphatic heterocycles. The van der Waals surface area contributed by atoms with Crippen molar-refractivity contribution < 1.29 is 9.47 Å². The first kappa shape index (κ1) is 15.7. The quantitative estimate of drug-likeness (QED) is 0.677. The summed E-state index contributed by atoms with van der Waals surface area (Å²) in [6, 6.07) is 0.406. The summed E-state index contributed by atoms with van der Waals surface area (Å²) in [5, 5.41) is 3.61. The van der Waals surface area contributed by atoms with Gasteiger partial charge in [0.2, 0.25) is 0 Å². The van der Waals surface area contributed by atoms with Gasteiger partial charge in [0.25, 0.3) is 0 Å². The SMILES string of the molecule is C=C(C)CCC(NCC)C1(OCC)CCOCC1. The van der Waals surface area contributed by atoms with Gasteiger partial charge >= 0.3 is 0 Å². The standard InChI is InChI=1S/C15H29NO2/c1-5-16-14(8-7-13(3)4)15(18-6-2)9-11-17-12-10-15/h14,16H,3,5-12H2,1-2,4H3. The van der Waals surface area contributed by atoms with Crippen LogP contribution in [0.15, 0.2) is 12.2 Å². The van der Waals surface area contributed by atoms with E-state index in [-0.39, 0.29) is 5.60 Å². The average molecular weight is 255 g/mol. The highest BCUT2D eigenvalue weighted by atomic mass is 16.5. The number of hydrogen-bond acceptors (Lipinski definition) is 3. The van der Waals surface area contributed by atoms with Crippen LogP contribution in [0.25, 0.3) is 0 Å². The molecule has 1 heterocycles. The molecule has 0 aliphatic carbocycles. The van der Waals surface area contributed by atoms with Crippen molar-refractivity contribution in [3.8, 4) is 0 Å². The van der Waals surface area contributed by atoms with Crippen molar-refractivity contribution in [1.82, 2.24) is 5.32 Å². The summed E-state index contributed by atoms with van der Waals surface area (Å²) in [7, 11) is 0. The Bertz CT molecular complexity index is 241. The molecule has 1 fully saturated rings. The molecule has 1 saturated heterocycles. The predicted molar refractivity (Wildman–Crippen MR) is 75.9 cm³/mol. The first-order chi connectivity index (χ1) is 8.64. The van der Waals surface area contributed by atoms with Gasteiger partial charge < -0.3 is 14.8 Å². The van der Waals surface area contributed by atoms with Gasteiger partial charge in [-0.05, 0) is 33.2 Å². The van der Waals surface area contributed by atoms with Crippen molar-refractivity contribution in [2.75, 3.05) is 26.4 Å². The lowest BCUT2D eigenvalue weighted by molar-refractivity contribution is -0.127. The van der Waals surface area contributed by atoms with Gasteiger partial charge in [-0.2, -0.15) is 0 Å². The molecule has 0 bridgehead atoms. The zero-order chi connectivity index (χ0) is 13.4. The Labute approximate surface area is 112 Å². The van der Waals surface area contributed by atoms with Crippen molar-refractivity contribution in [2.45, 2.75) is 58.1 Å². The normalized spacial score (nSPS) is 20.6. The number of ether oxygens (including phenoxy) is 2. The van der Waals surface area contributed by atoms with Crippen LogP contribution in [0.1, 0.15) is 46.5 Å². The average Bonchev–Trinajstić information content (AvgIpc) is 2.35. The Hall–Kier alpha value is -0.380. The molecule has 3 heteroatoms. The van der Waals surface area contributed by atoms with Crippen LogP contribution in [-0.2, 0) is 9.47 Å². The maximum Gasteiger partial charge on any atom is 0.0878 e. The molecule has 1 rings (SSSR count). The Morgan fingerprint density at radius 1 is 1.39 bits per heavy atom. The molecule has 18 heavy (non-hydrogen) atoms. The molecule has 1 unspecified atom stereocenters. The number of allylic oxidation sites excluding steroid dienone is 1. The molecule has 106 valence electrons. The van der Waals surface area contributed by atoms with Crippen LogP contribution < -0.4 is 5.32 Å². The highest BCUT2D eigenvalue weighted by molar-refractivity contribution is 4.98. The monoisotopic (exact) mass is 255 g/mol. The maximum absolute atomic E-state index is 6.15. The summed E-state index contributed by atoms with van der Waals surface area (Å²) in [6.07, 6.45) is 4.15. The first-order valence-electron chi connectivity index (χ1n) is 7.24. The van der Waals surface area contributed by atoms with Crippen LogP contribution in [0.2, 0.25) is 0 Å². The van der Waals surface area contributed by atoms with Crippen LogP contribution >= 0.6 is 0 Å². The Morgan fingerprint density at radius 2 is 2.06 bits per heavy atom. The lowest BCUT2D eigenvalue weighted by Gasteiger charge is -2.43. The fourth-order valence-electron chi connectivity index (χ4n) is 2.79. The Balaban J connectivity index is 2.71. The Morgan fingerprint density at radius 3 is 2.56 bits per heavy atom. The van der Waals surface area contributed by atoms with Crippen LogP contribution in [0.4, 0.5) is 0 Å². The first-order valence-corrected chi connectivity index (χ1v) is 7.24. The van der Waals surface area contributed by atoms with Crippen molar-refractivity contribution in [3.05, 3.63) is 12.2 Å². The van der Waals surface area contributed by atoms with E-state index < -0.39 is 0 Å². The number of hydrogen-bond donors (Lipinski definition) is 1. The number of likely N-dealkylation sites (N-methyl/N-ethyl adjacent to an activating group) is 1. The Kier molecular flexibility index (Phi) is 6.90. The van der Waals surface area contributed by atoms with Gasteiger partial charge in [0.05, 0.1) is 5.60 Å². The van der Waals surface area contributed by atoms with Crippen LogP contribution in [0.5, 0.6) is 0 Å². The fraction of sp³-hybridized carbons (Fsp3) is 0.867. The molecule has 0 aromatic rings. The van der Waals surface area contributed by atoms with E-state index >= 15 is 0 Å². The van der Waals surface area contributed by atoms with Gasteiger partial charge in [-0.3, -0.25) is 0 Å². The van der Waals surface area contributed by atoms with Gasteiger partial charge in [-0.25, -0.2) is 0 Å². The van der Waals surface area contributed by atoms with E-state index in [0.717, 1.165) is 52.0 Å². The van der Waals surface area contributed by atoms with E-state index in [1.807, 2.05) is 0 Å². The molecule has 0 spiro atoms. The summed E-state index contributed by atoms with van der Waals surface area (Å²) < 4.78 is 11.6. The predicted octanol–water partition coefficient (Wildman–Crippen LogP) is 2.91. The van der Waals surface area contributed by atoms with Crippen molar-refractivity contribution >= 4 is 0 Å². The number of nitrogens with one attached hydrogen (secondary N) is 1. The molecular weight excluding hydrogens is 226 g/mol. The molecule has 0 radical (unpaired) electrons. The summed E-state index contributed by atoms with van der Waals surface area (Å²) in [5.74, 6) is 0. The largest absolute Gasteiger partial charge is 0.381 e. The third-order valence-electron chi connectivity index (χ3n) is 3.72. The second-order valence-electron chi connectivity index (χ2n) is 5.22. The van der Waals surface area contributed by atoms with Crippen LogP contribution in [0, 0.1) is 0 Å².